The summed E-state index contributed by atoms with van der Waals surface area (Å²) in [5.41, 5.74) is 4.52. The lowest BCUT2D eigenvalue weighted by Crippen LogP contribution is -2.10. The average molecular weight is 211 g/mol. The van der Waals surface area contributed by atoms with Gasteiger partial charge in [-0.1, -0.05) is 29.8 Å². The summed E-state index contributed by atoms with van der Waals surface area (Å²) >= 11 is 5.88. The molecule has 4 heteroatoms. The smallest absolute Gasteiger partial charge is 0.133 e. The predicted molar refractivity (Wildman–Crippen MR) is 56.6 cm³/mol. The minimum Gasteiger partial charge on any atom is -0.361 e. The number of hydrogen-bond donors (Lipinski definition) is 3. The zero-order valence-corrected chi connectivity index (χ0v) is 8.47. The lowest BCUT2D eigenvalue weighted by Gasteiger charge is -2.04. The molecule has 0 bridgehead atoms. The summed E-state index contributed by atoms with van der Waals surface area (Å²) in [5, 5.41) is 9.77. The first-order chi connectivity index (χ1) is 6.74. The number of hydrogen-bond acceptors (Lipinski definition) is 2. The molecule has 1 unspecified atom stereocenters. The molecule has 1 atom stereocenters. The molecule has 1 aromatic carbocycles. The van der Waals surface area contributed by atoms with Gasteiger partial charge in [0.25, 0.3) is 0 Å². The van der Waals surface area contributed by atoms with E-state index in [1.807, 2.05) is 30.6 Å². The topological polar surface area (TPSA) is 48.0 Å². The van der Waals surface area contributed by atoms with Gasteiger partial charge < -0.3 is 10.2 Å². The molecule has 0 fully saturated rings. The van der Waals surface area contributed by atoms with Crippen molar-refractivity contribution < 1.29 is 5.21 Å². The van der Waals surface area contributed by atoms with Crippen molar-refractivity contribution in [3.8, 4) is 0 Å². The van der Waals surface area contributed by atoms with Crippen LogP contribution in [-0.2, 0) is 0 Å². The fourth-order valence-electron chi connectivity index (χ4n) is 1.61. The summed E-state index contributed by atoms with van der Waals surface area (Å²) in [6.07, 6.45) is 1.80. The van der Waals surface area contributed by atoms with Gasteiger partial charge in [-0.3, -0.25) is 0 Å². The molecule has 0 amide bonds. The number of nitrogens with one attached hydrogen (secondary N) is 2. The molecular formula is C10H11ClN2O. The van der Waals surface area contributed by atoms with Crippen molar-refractivity contribution in [3.05, 3.63) is 35.5 Å². The van der Waals surface area contributed by atoms with Gasteiger partial charge in [0, 0.05) is 22.7 Å². The van der Waals surface area contributed by atoms with Gasteiger partial charge in [0.2, 0.25) is 0 Å². The molecule has 3 N–H and O–H groups in total. The number of alkyl halides is 1. The largest absolute Gasteiger partial charge is 0.361 e. The van der Waals surface area contributed by atoms with Crippen LogP contribution in [0, 0.1) is 6.92 Å². The van der Waals surface area contributed by atoms with E-state index in [9.17, 15) is 0 Å². The van der Waals surface area contributed by atoms with Crippen LogP contribution in [0.1, 0.15) is 16.6 Å². The Morgan fingerprint density at radius 2 is 2.29 bits per heavy atom. The van der Waals surface area contributed by atoms with E-state index in [-0.39, 0.29) is 0 Å². The van der Waals surface area contributed by atoms with Gasteiger partial charge in [0.1, 0.15) is 5.50 Å². The Morgan fingerprint density at radius 1 is 1.50 bits per heavy atom. The van der Waals surface area contributed by atoms with Crippen LogP contribution in [0.3, 0.4) is 0 Å². The highest BCUT2D eigenvalue weighted by Crippen LogP contribution is 2.27. The zero-order chi connectivity index (χ0) is 10.1. The van der Waals surface area contributed by atoms with Crippen LogP contribution >= 0.6 is 11.6 Å². The normalized spacial score (nSPS) is 13.4. The van der Waals surface area contributed by atoms with E-state index in [1.165, 1.54) is 0 Å². The molecule has 1 heterocycles. The number of aryl methyl sites for hydroxylation is 1. The lowest BCUT2D eigenvalue weighted by molar-refractivity contribution is 0.155. The fourth-order valence-corrected chi connectivity index (χ4v) is 1.79. The SMILES string of the molecule is Cc1cccc2c(C(Cl)NO)c[nH]c12. The molecule has 0 saturated carbocycles. The van der Waals surface area contributed by atoms with E-state index in [1.54, 1.807) is 6.20 Å². The molecule has 0 aliphatic heterocycles. The highest BCUT2D eigenvalue weighted by molar-refractivity contribution is 6.21. The van der Waals surface area contributed by atoms with E-state index in [4.69, 9.17) is 16.8 Å². The Bertz CT molecular complexity index is 452. The molecule has 0 spiro atoms. The van der Waals surface area contributed by atoms with E-state index in [0.717, 1.165) is 22.0 Å². The van der Waals surface area contributed by atoms with E-state index >= 15 is 0 Å². The van der Waals surface area contributed by atoms with Gasteiger partial charge >= 0.3 is 0 Å². The van der Waals surface area contributed by atoms with Crippen LogP contribution in [0.15, 0.2) is 24.4 Å². The first kappa shape index (κ1) is 9.52. The maximum Gasteiger partial charge on any atom is 0.133 e. The standard InChI is InChI=1S/C10H11ClN2O/c1-6-3-2-4-7-8(10(11)13-14)5-12-9(6)7/h2-5,10,12-14H,1H3. The van der Waals surface area contributed by atoms with Crippen molar-refractivity contribution in [2.75, 3.05) is 0 Å². The molecule has 74 valence electrons. The summed E-state index contributed by atoms with van der Waals surface area (Å²) in [7, 11) is 0. The fraction of sp³-hybridized carbons (Fsp3) is 0.200. The predicted octanol–water partition coefficient (Wildman–Crippen LogP) is 2.69. The maximum absolute atomic E-state index is 8.74. The lowest BCUT2D eigenvalue weighted by atomic mass is 10.1. The number of benzene rings is 1. The molecule has 3 nitrogen and oxygen atoms in total. The van der Waals surface area contributed by atoms with Crippen molar-refractivity contribution in [3.63, 3.8) is 0 Å². The highest BCUT2D eigenvalue weighted by Gasteiger charge is 2.12. The number of H-pyrrole nitrogens is 1. The van der Waals surface area contributed by atoms with Gasteiger partial charge in [-0.15, -0.1) is 0 Å². The van der Waals surface area contributed by atoms with Gasteiger partial charge in [0.05, 0.1) is 0 Å². The third-order valence-corrected chi connectivity index (χ3v) is 2.67. The zero-order valence-electron chi connectivity index (χ0n) is 7.71. The van der Waals surface area contributed by atoms with E-state index in [0.29, 0.717) is 0 Å². The molecule has 0 saturated heterocycles. The molecule has 0 radical (unpaired) electrons. The summed E-state index contributed by atoms with van der Waals surface area (Å²) in [4.78, 5) is 3.14. The van der Waals surface area contributed by atoms with Crippen molar-refractivity contribution in [2.45, 2.75) is 12.4 Å². The first-order valence-electron chi connectivity index (χ1n) is 4.34. The average Bonchev–Trinajstić information content (AvgIpc) is 2.62. The van der Waals surface area contributed by atoms with Crippen LogP contribution in [0.2, 0.25) is 0 Å². The van der Waals surface area contributed by atoms with Gasteiger partial charge in [0.15, 0.2) is 0 Å². The first-order valence-corrected chi connectivity index (χ1v) is 4.78. The number of halogens is 1. The summed E-state index contributed by atoms with van der Waals surface area (Å²) in [5.74, 6) is 0. The molecule has 1 aromatic heterocycles. The van der Waals surface area contributed by atoms with Gasteiger partial charge in [-0.2, -0.15) is 5.48 Å². The molecule has 0 aliphatic rings. The van der Waals surface area contributed by atoms with Crippen LogP contribution in [0.25, 0.3) is 10.9 Å². The molecule has 14 heavy (non-hydrogen) atoms. The molecule has 0 aliphatic carbocycles. The van der Waals surface area contributed by atoms with Crippen molar-refractivity contribution in [1.82, 2.24) is 10.5 Å². The van der Waals surface area contributed by atoms with Crippen molar-refractivity contribution in [1.29, 1.82) is 0 Å². The monoisotopic (exact) mass is 210 g/mol. The highest BCUT2D eigenvalue weighted by atomic mass is 35.5. The van der Waals surface area contributed by atoms with Crippen LogP contribution < -0.4 is 5.48 Å². The molecule has 2 rings (SSSR count). The maximum atomic E-state index is 8.74. The van der Waals surface area contributed by atoms with E-state index < -0.39 is 5.50 Å². The van der Waals surface area contributed by atoms with Gasteiger partial charge in [-0.05, 0) is 12.5 Å². The summed E-state index contributed by atoms with van der Waals surface area (Å²) < 4.78 is 0. The number of hydroxylamine groups is 1. The second kappa shape index (κ2) is 3.61. The third kappa shape index (κ3) is 1.39. The minimum atomic E-state index is -0.578. The van der Waals surface area contributed by atoms with Crippen LogP contribution in [0.4, 0.5) is 0 Å². The van der Waals surface area contributed by atoms with E-state index in [2.05, 4.69) is 4.98 Å². The van der Waals surface area contributed by atoms with Crippen molar-refractivity contribution in [2.24, 2.45) is 0 Å². The Balaban J connectivity index is 2.63. The van der Waals surface area contributed by atoms with Gasteiger partial charge in [-0.25, -0.2) is 0 Å². The quantitative estimate of drug-likeness (QED) is 0.406. The molecular weight excluding hydrogens is 200 g/mol. The van der Waals surface area contributed by atoms with Crippen LogP contribution in [-0.4, -0.2) is 10.2 Å². The second-order valence-electron chi connectivity index (χ2n) is 3.23. The molecule has 2 aromatic rings. The minimum absolute atomic E-state index is 0.578. The number of aromatic nitrogens is 1. The third-order valence-electron chi connectivity index (χ3n) is 2.34. The number of rotatable bonds is 2. The Hall–Kier alpha value is -1.03. The van der Waals surface area contributed by atoms with Crippen LogP contribution in [0.5, 0.6) is 0 Å². The van der Waals surface area contributed by atoms with Crippen molar-refractivity contribution >= 4 is 22.5 Å². The Labute approximate surface area is 86.7 Å². The second-order valence-corrected chi connectivity index (χ2v) is 3.67. The Morgan fingerprint density at radius 3 is 3.00 bits per heavy atom. The summed E-state index contributed by atoms with van der Waals surface area (Å²) in [6, 6.07) is 5.97. The number of aromatic amines is 1. The Kier molecular flexibility index (Phi) is 2.46. The number of fused-ring (bicyclic) bond motifs is 1. The number of para-hydroxylation sites is 1. The summed E-state index contributed by atoms with van der Waals surface area (Å²) in [6.45, 7) is 2.03.